The zero-order valence-electron chi connectivity index (χ0n) is 11.0. The van der Waals surface area contributed by atoms with Crippen molar-refractivity contribution >= 4 is 17.3 Å². The van der Waals surface area contributed by atoms with Crippen molar-refractivity contribution in [3.63, 3.8) is 0 Å². The molecule has 1 aliphatic heterocycles. The molecule has 6 nitrogen and oxygen atoms in total. The number of anilines is 1. The van der Waals surface area contributed by atoms with E-state index in [9.17, 15) is 14.9 Å². The average molecular weight is 263 g/mol. The number of nitrogens with one attached hydrogen (secondary N) is 2. The van der Waals surface area contributed by atoms with Crippen molar-refractivity contribution < 1.29 is 9.72 Å². The van der Waals surface area contributed by atoms with Gasteiger partial charge in [0.2, 0.25) is 5.91 Å². The van der Waals surface area contributed by atoms with E-state index in [1.807, 2.05) is 6.92 Å². The molecule has 0 aliphatic carbocycles. The van der Waals surface area contributed by atoms with Gasteiger partial charge < -0.3 is 10.6 Å². The van der Waals surface area contributed by atoms with E-state index in [-0.39, 0.29) is 17.6 Å². The number of hydrogen-bond acceptors (Lipinski definition) is 4. The van der Waals surface area contributed by atoms with Crippen molar-refractivity contribution in [2.75, 3.05) is 11.9 Å². The number of aryl methyl sites for hydroxylation is 1. The summed E-state index contributed by atoms with van der Waals surface area (Å²) in [5.41, 5.74) is 1.34. The molecule has 2 unspecified atom stereocenters. The molecule has 1 aromatic carbocycles. The van der Waals surface area contributed by atoms with E-state index in [0.29, 0.717) is 17.2 Å². The number of hydrogen-bond donors (Lipinski definition) is 2. The van der Waals surface area contributed by atoms with Crippen LogP contribution in [-0.4, -0.2) is 23.4 Å². The Morgan fingerprint density at radius 3 is 2.79 bits per heavy atom. The Morgan fingerprint density at radius 1 is 1.53 bits per heavy atom. The van der Waals surface area contributed by atoms with Crippen LogP contribution in [0.2, 0.25) is 0 Å². The zero-order valence-corrected chi connectivity index (χ0v) is 11.0. The molecular weight excluding hydrogens is 246 g/mol. The highest BCUT2D eigenvalue weighted by Crippen LogP contribution is 2.22. The van der Waals surface area contributed by atoms with Crippen molar-refractivity contribution in [2.24, 2.45) is 5.92 Å². The largest absolute Gasteiger partial charge is 0.324 e. The van der Waals surface area contributed by atoms with E-state index < -0.39 is 4.92 Å². The number of carbonyl (C=O) groups excluding carboxylic acids is 1. The van der Waals surface area contributed by atoms with Crippen molar-refractivity contribution in [3.8, 4) is 0 Å². The van der Waals surface area contributed by atoms with Crippen LogP contribution in [0.3, 0.4) is 0 Å². The minimum absolute atomic E-state index is 0.0304. The smallest absolute Gasteiger partial charge is 0.269 e. The topological polar surface area (TPSA) is 84.3 Å². The second-order valence-electron chi connectivity index (χ2n) is 4.94. The summed E-state index contributed by atoms with van der Waals surface area (Å²) >= 11 is 0. The monoisotopic (exact) mass is 263 g/mol. The lowest BCUT2D eigenvalue weighted by Crippen LogP contribution is -2.39. The molecule has 0 spiro atoms. The number of amides is 1. The van der Waals surface area contributed by atoms with Crippen molar-refractivity contribution in [2.45, 2.75) is 26.3 Å². The molecule has 1 aromatic rings. The van der Waals surface area contributed by atoms with Crippen LogP contribution >= 0.6 is 0 Å². The van der Waals surface area contributed by atoms with Gasteiger partial charge in [-0.3, -0.25) is 14.9 Å². The lowest BCUT2D eigenvalue weighted by Gasteiger charge is -2.16. The molecule has 0 radical (unpaired) electrons. The first-order valence-electron chi connectivity index (χ1n) is 6.28. The van der Waals surface area contributed by atoms with Gasteiger partial charge in [0.25, 0.3) is 5.69 Å². The van der Waals surface area contributed by atoms with Crippen LogP contribution in [0.1, 0.15) is 18.9 Å². The summed E-state index contributed by atoms with van der Waals surface area (Å²) in [6.45, 7) is 4.62. The van der Waals surface area contributed by atoms with Crippen LogP contribution in [0.25, 0.3) is 0 Å². The lowest BCUT2D eigenvalue weighted by molar-refractivity contribution is -0.384. The molecule has 0 bridgehead atoms. The Hall–Kier alpha value is -1.95. The van der Waals surface area contributed by atoms with Crippen LogP contribution in [-0.2, 0) is 4.79 Å². The maximum atomic E-state index is 12.1. The Morgan fingerprint density at radius 2 is 2.26 bits per heavy atom. The van der Waals surface area contributed by atoms with E-state index in [1.165, 1.54) is 12.1 Å². The third kappa shape index (κ3) is 2.90. The minimum atomic E-state index is -0.445. The summed E-state index contributed by atoms with van der Waals surface area (Å²) in [4.78, 5) is 22.3. The predicted molar refractivity (Wildman–Crippen MR) is 72.0 cm³/mol. The first-order valence-corrected chi connectivity index (χ1v) is 6.28. The van der Waals surface area contributed by atoms with Crippen LogP contribution in [0, 0.1) is 23.0 Å². The van der Waals surface area contributed by atoms with Crippen molar-refractivity contribution in [1.82, 2.24) is 5.32 Å². The van der Waals surface area contributed by atoms with Gasteiger partial charge in [-0.1, -0.05) is 6.92 Å². The van der Waals surface area contributed by atoms with E-state index in [1.54, 1.807) is 13.0 Å². The summed E-state index contributed by atoms with van der Waals surface area (Å²) in [6.07, 6.45) is 0.983. The van der Waals surface area contributed by atoms with Crippen LogP contribution in [0.4, 0.5) is 11.4 Å². The molecule has 2 N–H and O–H groups in total. The van der Waals surface area contributed by atoms with Gasteiger partial charge >= 0.3 is 0 Å². The molecule has 1 saturated heterocycles. The summed E-state index contributed by atoms with van der Waals surface area (Å²) in [5, 5.41) is 16.6. The number of rotatable bonds is 3. The first kappa shape index (κ1) is 13.5. The Labute approximate surface area is 111 Å². The highest BCUT2D eigenvalue weighted by Gasteiger charge is 2.29. The maximum absolute atomic E-state index is 12.1. The Balaban J connectivity index is 2.11. The van der Waals surface area contributed by atoms with Gasteiger partial charge in [0.1, 0.15) is 0 Å². The summed E-state index contributed by atoms with van der Waals surface area (Å²) < 4.78 is 0. The van der Waals surface area contributed by atoms with Gasteiger partial charge in [-0.05, 0) is 37.4 Å². The molecular formula is C13H17N3O3. The quantitative estimate of drug-likeness (QED) is 0.643. The molecule has 1 fully saturated rings. The SMILES string of the molecule is Cc1cc([N+](=O)[O-])ccc1NC(=O)C1NCCC1C. The fourth-order valence-electron chi connectivity index (χ4n) is 2.30. The van der Waals surface area contributed by atoms with E-state index in [0.717, 1.165) is 13.0 Å². The van der Waals surface area contributed by atoms with Gasteiger partial charge in [-0.15, -0.1) is 0 Å². The highest BCUT2D eigenvalue weighted by atomic mass is 16.6. The minimum Gasteiger partial charge on any atom is -0.324 e. The molecule has 1 aliphatic rings. The summed E-state index contributed by atoms with van der Waals surface area (Å²) in [5.74, 6) is 0.223. The fraction of sp³-hybridized carbons (Fsp3) is 0.462. The maximum Gasteiger partial charge on any atom is 0.269 e. The van der Waals surface area contributed by atoms with Crippen molar-refractivity contribution in [1.29, 1.82) is 0 Å². The molecule has 1 amide bonds. The average Bonchev–Trinajstić information content (AvgIpc) is 2.77. The molecule has 2 rings (SSSR count). The molecule has 2 atom stereocenters. The van der Waals surface area contributed by atoms with Gasteiger partial charge in [0.05, 0.1) is 11.0 Å². The zero-order chi connectivity index (χ0) is 14.0. The first-order chi connectivity index (χ1) is 8.99. The third-order valence-electron chi connectivity index (χ3n) is 3.49. The number of nitrogens with zero attached hydrogens (tertiary/aromatic N) is 1. The van der Waals surface area contributed by atoms with E-state index in [2.05, 4.69) is 10.6 Å². The van der Waals surface area contributed by atoms with Crippen LogP contribution in [0.15, 0.2) is 18.2 Å². The number of non-ortho nitro benzene ring substituents is 1. The number of nitro groups is 1. The van der Waals surface area contributed by atoms with E-state index in [4.69, 9.17) is 0 Å². The predicted octanol–water partition coefficient (Wildman–Crippen LogP) is 1.84. The Kier molecular flexibility index (Phi) is 3.80. The second-order valence-corrected chi connectivity index (χ2v) is 4.94. The van der Waals surface area contributed by atoms with Gasteiger partial charge in [-0.2, -0.15) is 0 Å². The van der Waals surface area contributed by atoms with Gasteiger partial charge in [0.15, 0.2) is 0 Å². The molecule has 102 valence electrons. The van der Waals surface area contributed by atoms with Gasteiger partial charge in [0, 0.05) is 17.8 Å². The van der Waals surface area contributed by atoms with E-state index >= 15 is 0 Å². The standard InChI is InChI=1S/C13H17N3O3/c1-8-5-6-14-12(8)13(17)15-11-4-3-10(16(18)19)7-9(11)2/h3-4,7-8,12,14H,5-6H2,1-2H3,(H,15,17). The number of carbonyl (C=O) groups is 1. The summed E-state index contributed by atoms with van der Waals surface area (Å²) in [6, 6.07) is 4.25. The molecule has 6 heteroatoms. The summed E-state index contributed by atoms with van der Waals surface area (Å²) in [7, 11) is 0. The lowest BCUT2D eigenvalue weighted by atomic mass is 10.0. The number of nitro benzene ring substituents is 1. The second kappa shape index (κ2) is 5.36. The fourth-order valence-corrected chi connectivity index (χ4v) is 2.30. The normalized spacial score (nSPS) is 22.2. The van der Waals surface area contributed by atoms with Crippen LogP contribution < -0.4 is 10.6 Å². The van der Waals surface area contributed by atoms with Crippen LogP contribution in [0.5, 0.6) is 0 Å². The molecule has 0 aromatic heterocycles. The number of benzene rings is 1. The molecule has 1 heterocycles. The van der Waals surface area contributed by atoms with Crippen molar-refractivity contribution in [3.05, 3.63) is 33.9 Å². The molecule has 0 saturated carbocycles. The Bertz CT molecular complexity index is 516. The van der Waals surface area contributed by atoms with Gasteiger partial charge in [-0.25, -0.2) is 0 Å². The third-order valence-corrected chi connectivity index (χ3v) is 3.49. The molecule has 19 heavy (non-hydrogen) atoms. The highest BCUT2D eigenvalue weighted by molar-refractivity contribution is 5.96.